The van der Waals surface area contributed by atoms with Crippen LogP contribution >= 0.6 is 0 Å². The van der Waals surface area contributed by atoms with E-state index in [0.717, 1.165) is 19.4 Å². The lowest BCUT2D eigenvalue weighted by Gasteiger charge is -2.25. The zero-order valence-corrected chi connectivity index (χ0v) is 10.4. The normalized spacial score (nSPS) is 14.4. The Kier molecular flexibility index (Phi) is 7.26. The van der Waals surface area contributed by atoms with Crippen LogP contribution in [-0.4, -0.2) is 12.7 Å². The molecule has 0 heterocycles. The van der Waals surface area contributed by atoms with Gasteiger partial charge < -0.3 is 4.74 Å². The van der Waals surface area contributed by atoms with Gasteiger partial charge >= 0.3 is 0 Å². The highest BCUT2D eigenvalue weighted by atomic mass is 16.5. The van der Waals surface area contributed by atoms with Crippen LogP contribution in [0.3, 0.4) is 0 Å². The van der Waals surface area contributed by atoms with Gasteiger partial charge in [-0.05, 0) is 24.7 Å². The molecule has 0 aliphatic rings. The fourth-order valence-corrected chi connectivity index (χ4v) is 1.53. The number of hydrogen-bond donors (Lipinski definition) is 0. The molecule has 0 aliphatic carbocycles. The van der Waals surface area contributed by atoms with Gasteiger partial charge in [0.25, 0.3) is 0 Å². The maximum absolute atomic E-state index is 5.81. The number of unbranched alkanes of at least 4 members (excludes halogenated alkanes) is 2. The summed E-state index contributed by atoms with van der Waals surface area (Å²) in [6, 6.07) is 0. The van der Waals surface area contributed by atoms with E-state index in [-0.39, 0.29) is 0 Å². The average Bonchev–Trinajstić information content (AvgIpc) is 2.08. The Morgan fingerprint density at radius 1 is 1.21 bits per heavy atom. The summed E-state index contributed by atoms with van der Waals surface area (Å²) in [6.45, 7) is 13.8. The first-order chi connectivity index (χ1) is 6.49. The van der Waals surface area contributed by atoms with E-state index in [1.165, 1.54) is 19.3 Å². The van der Waals surface area contributed by atoms with Crippen molar-refractivity contribution in [3.63, 3.8) is 0 Å². The summed E-state index contributed by atoms with van der Waals surface area (Å²) in [5.41, 5.74) is 0.354. The highest BCUT2D eigenvalue weighted by molar-refractivity contribution is 4.70. The third kappa shape index (κ3) is 8.55. The molecule has 0 aliphatic heterocycles. The van der Waals surface area contributed by atoms with Crippen molar-refractivity contribution < 1.29 is 4.74 Å². The van der Waals surface area contributed by atoms with Crippen LogP contribution in [0.2, 0.25) is 0 Å². The molecule has 0 saturated carbocycles. The van der Waals surface area contributed by atoms with E-state index in [0.29, 0.717) is 11.5 Å². The van der Waals surface area contributed by atoms with Gasteiger partial charge in [0.1, 0.15) is 0 Å². The first-order valence-corrected chi connectivity index (χ1v) is 5.90. The van der Waals surface area contributed by atoms with Crippen molar-refractivity contribution >= 4 is 0 Å². The second kappa shape index (κ2) is 7.28. The second-order valence-electron chi connectivity index (χ2n) is 5.25. The molecule has 1 unspecified atom stereocenters. The minimum absolute atomic E-state index is 0.354. The molecule has 0 N–H and O–H groups in total. The highest BCUT2D eigenvalue weighted by Gasteiger charge is 2.17. The van der Waals surface area contributed by atoms with Crippen molar-refractivity contribution in [2.24, 2.45) is 5.41 Å². The van der Waals surface area contributed by atoms with Gasteiger partial charge in [0.2, 0.25) is 0 Å². The summed E-state index contributed by atoms with van der Waals surface area (Å²) in [6.07, 6.45) is 6.09. The SMILES string of the molecule is [CH2]CC(CC(C)(C)C)OCCCCC. The van der Waals surface area contributed by atoms with E-state index in [1.807, 2.05) is 0 Å². The van der Waals surface area contributed by atoms with Crippen molar-refractivity contribution in [2.45, 2.75) is 65.9 Å². The highest BCUT2D eigenvalue weighted by Crippen LogP contribution is 2.23. The Labute approximate surface area is 90.2 Å². The van der Waals surface area contributed by atoms with Crippen molar-refractivity contribution in [2.75, 3.05) is 6.61 Å². The average molecular weight is 199 g/mol. The van der Waals surface area contributed by atoms with Crippen molar-refractivity contribution in [1.82, 2.24) is 0 Å². The molecule has 14 heavy (non-hydrogen) atoms. The van der Waals surface area contributed by atoms with Gasteiger partial charge in [0.05, 0.1) is 6.10 Å². The zero-order valence-electron chi connectivity index (χ0n) is 10.4. The van der Waals surface area contributed by atoms with Crippen LogP contribution in [0.25, 0.3) is 0 Å². The Morgan fingerprint density at radius 3 is 2.29 bits per heavy atom. The predicted octanol–water partition coefficient (Wildman–Crippen LogP) is 4.22. The lowest BCUT2D eigenvalue weighted by Crippen LogP contribution is -2.20. The molecule has 1 heteroatoms. The summed E-state index contributed by atoms with van der Waals surface area (Å²) in [4.78, 5) is 0. The van der Waals surface area contributed by atoms with Gasteiger partial charge in [-0.25, -0.2) is 0 Å². The van der Waals surface area contributed by atoms with Crippen molar-refractivity contribution in [3.8, 4) is 0 Å². The first kappa shape index (κ1) is 14.0. The van der Waals surface area contributed by atoms with Crippen LogP contribution < -0.4 is 0 Å². The quantitative estimate of drug-likeness (QED) is 0.558. The standard InChI is InChI=1S/C13H27O/c1-6-8-9-10-14-12(7-2)11-13(3,4)5/h12H,2,6-11H2,1,3-5H3. The van der Waals surface area contributed by atoms with Crippen molar-refractivity contribution in [1.29, 1.82) is 0 Å². The predicted molar refractivity (Wildman–Crippen MR) is 63.3 cm³/mol. The molecule has 0 amide bonds. The fraction of sp³-hybridized carbons (Fsp3) is 0.923. The third-order valence-corrected chi connectivity index (χ3v) is 2.26. The van der Waals surface area contributed by atoms with E-state index < -0.39 is 0 Å². The molecule has 0 aromatic rings. The lowest BCUT2D eigenvalue weighted by molar-refractivity contribution is 0.0254. The Morgan fingerprint density at radius 2 is 1.86 bits per heavy atom. The molecule has 1 atom stereocenters. The number of ether oxygens (including phenoxy) is 1. The fourth-order valence-electron chi connectivity index (χ4n) is 1.53. The maximum Gasteiger partial charge on any atom is 0.0580 e. The Balaban J connectivity index is 3.58. The van der Waals surface area contributed by atoms with E-state index in [2.05, 4.69) is 34.6 Å². The third-order valence-electron chi connectivity index (χ3n) is 2.26. The van der Waals surface area contributed by atoms with Gasteiger partial charge in [-0.15, -0.1) is 0 Å². The van der Waals surface area contributed by atoms with Gasteiger partial charge in [0.15, 0.2) is 0 Å². The number of hydrogen-bond acceptors (Lipinski definition) is 1. The molecule has 0 aromatic heterocycles. The summed E-state index contributed by atoms with van der Waals surface area (Å²) in [5.74, 6) is 0. The van der Waals surface area contributed by atoms with E-state index in [4.69, 9.17) is 4.74 Å². The largest absolute Gasteiger partial charge is 0.378 e. The van der Waals surface area contributed by atoms with Gasteiger partial charge in [-0.2, -0.15) is 0 Å². The molecule has 0 rings (SSSR count). The first-order valence-electron chi connectivity index (χ1n) is 5.90. The monoisotopic (exact) mass is 199 g/mol. The molecular formula is C13H27O. The van der Waals surface area contributed by atoms with Gasteiger partial charge in [-0.3, -0.25) is 0 Å². The summed E-state index contributed by atoms with van der Waals surface area (Å²) in [7, 11) is 0. The topological polar surface area (TPSA) is 9.23 Å². The minimum atomic E-state index is 0.354. The van der Waals surface area contributed by atoms with Crippen LogP contribution in [0.1, 0.15) is 59.8 Å². The maximum atomic E-state index is 5.81. The molecular weight excluding hydrogens is 172 g/mol. The number of rotatable bonds is 7. The second-order valence-corrected chi connectivity index (χ2v) is 5.25. The van der Waals surface area contributed by atoms with Crippen LogP contribution in [0.5, 0.6) is 0 Å². The molecule has 0 bridgehead atoms. The minimum Gasteiger partial charge on any atom is -0.378 e. The molecule has 0 aromatic carbocycles. The Bertz CT molecular complexity index is 124. The smallest absolute Gasteiger partial charge is 0.0580 e. The van der Waals surface area contributed by atoms with Crippen molar-refractivity contribution in [3.05, 3.63) is 6.92 Å². The molecule has 0 spiro atoms. The van der Waals surface area contributed by atoms with Crippen LogP contribution in [0.15, 0.2) is 0 Å². The lowest BCUT2D eigenvalue weighted by atomic mass is 9.88. The van der Waals surface area contributed by atoms with Gasteiger partial charge in [-0.1, -0.05) is 47.5 Å². The summed E-state index contributed by atoms with van der Waals surface area (Å²) >= 11 is 0. The zero-order chi connectivity index (χ0) is 11.0. The molecule has 1 radical (unpaired) electrons. The van der Waals surface area contributed by atoms with Gasteiger partial charge in [0, 0.05) is 6.61 Å². The Hall–Kier alpha value is -0.0400. The van der Waals surface area contributed by atoms with E-state index >= 15 is 0 Å². The van der Waals surface area contributed by atoms with Crippen LogP contribution in [0.4, 0.5) is 0 Å². The molecule has 0 fully saturated rings. The summed E-state index contributed by atoms with van der Waals surface area (Å²) < 4.78 is 5.81. The van der Waals surface area contributed by atoms with E-state index in [1.54, 1.807) is 0 Å². The summed E-state index contributed by atoms with van der Waals surface area (Å²) in [5, 5.41) is 0. The molecule has 0 saturated heterocycles. The van der Waals surface area contributed by atoms with Crippen LogP contribution in [-0.2, 0) is 4.74 Å². The van der Waals surface area contributed by atoms with E-state index in [9.17, 15) is 0 Å². The van der Waals surface area contributed by atoms with Crippen LogP contribution in [0, 0.1) is 12.3 Å². The molecule has 85 valence electrons. The molecule has 1 nitrogen and oxygen atoms in total.